The standard InChI is InChI=1S/C9H18F3N3O3S/c1-7(8(16)14-6-9(10,11)12)13-4-3-5-15-19(2,17)18/h7,13,15H,3-6H2,1-2H3,(H,14,16). The molecule has 10 heteroatoms. The van der Waals surface area contributed by atoms with Crippen LogP contribution < -0.4 is 15.4 Å². The van der Waals surface area contributed by atoms with Gasteiger partial charge < -0.3 is 10.6 Å². The monoisotopic (exact) mass is 305 g/mol. The van der Waals surface area contributed by atoms with Crippen LogP contribution in [-0.2, 0) is 14.8 Å². The molecule has 0 aromatic rings. The van der Waals surface area contributed by atoms with E-state index in [9.17, 15) is 26.4 Å². The van der Waals surface area contributed by atoms with Crippen LogP contribution >= 0.6 is 0 Å². The Hall–Kier alpha value is -0.870. The van der Waals surface area contributed by atoms with Crippen molar-refractivity contribution in [3.05, 3.63) is 0 Å². The van der Waals surface area contributed by atoms with Crippen molar-refractivity contribution in [2.24, 2.45) is 0 Å². The number of carbonyl (C=O) groups excluding carboxylic acids is 1. The van der Waals surface area contributed by atoms with Crippen LogP contribution in [0.4, 0.5) is 13.2 Å². The zero-order valence-corrected chi connectivity index (χ0v) is 11.5. The highest BCUT2D eigenvalue weighted by molar-refractivity contribution is 7.88. The van der Waals surface area contributed by atoms with Crippen molar-refractivity contribution in [2.75, 3.05) is 25.9 Å². The van der Waals surface area contributed by atoms with E-state index in [0.717, 1.165) is 6.26 Å². The van der Waals surface area contributed by atoms with Gasteiger partial charge in [0.25, 0.3) is 0 Å². The first-order valence-electron chi connectivity index (χ1n) is 5.54. The Morgan fingerprint density at radius 3 is 2.32 bits per heavy atom. The average molecular weight is 305 g/mol. The van der Waals surface area contributed by atoms with Crippen molar-refractivity contribution in [2.45, 2.75) is 25.6 Å². The Balaban J connectivity index is 3.74. The Morgan fingerprint density at radius 2 is 1.84 bits per heavy atom. The van der Waals surface area contributed by atoms with E-state index in [2.05, 4.69) is 10.0 Å². The van der Waals surface area contributed by atoms with Crippen LogP contribution in [0.3, 0.4) is 0 Å². The first-order chi connectivity index (χ1) is 8.51. The molecule has 0 saturated carbocycles. The third-order valence-corrected chi connectivity index (χ3v) is 2.75. The van der Waals surface area contributed by atoms with E-state index in [1.807, 2.05) is 0 Å². The molecule has 19 heavy (non-hydrogen) atoms. The second-order valence-electron chi connectivity index (χ2n) is 4.03. The molecule has 0 spiro atoms. The predicted octanol–water partition coefficient (Wildman–Crippen LogP) is -0.418. The molecule has 3 N–H and O–H groups in total. The van der Waals surface area contributed by atoms with Gasteiger partial charge in [-0.3, -0.25) is 4.79 Å². The van der Waals surface area contributed by atoms with Gasteiger partial charge in [0.2, 0.25) is 15.9 Å². The number of sulfonamides is 1. The average Bonchev–Trinajstić information content (AvgIpc) is 2.22. The summed E-state index contributed by atoms with van der Waals surface area (Å²) in [6, 6.07) is -0.777. The second kappa shape index (κ2) is 7.65. The Labute approximate surface area is 110 Å². The van der Waals surface area contributed by atoms with E-state index in [1.54, 1.807) is 5.32 Å². The molecule has 6 nitrogen and oxygen atoms in total. The zero-order chi connectivity index (χ0) is 15.1. The third-order valence-electron chi connectivity index (χ3n) is 2.02. The molecule has 0 saturated heterocycles. The number of halogens is 3. The van der Waals surface area contributed by atoms with Crippen LogP contribution in [0, 0.1) is 0 Å². The summed E-state index contributed by atoms with van der Waals surface area (Å²) in [6.45, 7) is 0.565. The Bertz CT molecular complexity index is 384. The van der Waals surface area contributed by atoms with Gasteiger partial charge in [0.1, 0.15) is 6.54 Å². The normalized spacial score (nSPS) is 14.2. The van der Waals surface area contributed by atoms with Crippen molar-refractivity contribution in [1.82, 2.24) is 15.4 Å². The van der Waals surface area contributed by atoms with Gasteiger partial charge in [-0.2, -0.15) is 13.2 Å². The van der Waals surface area contributed by atoms with E-state index in [0.29, 0.717) is 13.0 Å². The first-order valence-corrected chi connectivity index (χ1v) is 7.43. The minimum absolute atomic E-state index is 0.197. The molecule has 1 amide bonds. The molecule has 0 aliphatic heterocycles. The summed E-state index contributed by atoms with van der Waals surface area (Å²) in [4.78, 5) is 11.2. The highest BCUT2D eigenvalue weighted by atomic mass is 32.2. The molecule has 114 valence electrons. The van der Waals surface area contributed by atoms with Gasteiger partial charge in [0.05, 0.1) is 12.3 Å². The van der Waals surface area contributed by atoms with Crippen LogP contribution in [0.15, 0.2) is 0 Å². The van der Waals surface area contributed by atoms with E-state index < -0.39 is 34.7 Å². The van der Waals surface area contributed by atoms with Crippen molar-refractivity contribution in [3.63, 3.8) is 0 Å². The van der Waals surface area contributed by atoms with Gasteiger partial charge >= 0.3 is 6.18 Å². The topological polar surface area (TPSA) is 87.3 Å². The van der Waals surface area contributed by atoms with Gasteiger partial charge in [-0.05, 0) is 19.9 Å². The van der Waals surface area contributed by atoms with Crippen LogP contribution in [0.25, 0.3) is 0 Å². The van der Waals surface area contributed by atoms with E-state index in [-0.39, 0.29) is 6.54 Å². The maximum Gasteiger partial charge on any atom is 0.405 e. The molecule has 0 fully saturated rings. The number of hydrogen-bond donors (Lipinski definition) is 3. The van der Waals surface area contributed by atoms with Crippen molar-refractivity contribution in [3.8, 4) is 0 Å². The lowest BCUT2D eigenvalue weighted by Gasteiger charge is -2.15. The lowest BCUT2D eigenvalue weighted by atomic mass is 10.3. The number of carbonyl (C=O) groups is 1. The number of nitrogens with one attached hydrogen (secondary N) is 3. The van der Waals surface area contributed by atoms with Gasteiger partial charge in [-0.1, -0.05) is 0 Å². The van der Waals surface area contributed by atoms with E-state index >= 15 is 0 Å². The van der Waals surface area contributed by atoms with E-state index in [1.165, 1.54) is 6.92 Å². The van der Waals surface area contributed by atoms with Gasteiger partial charge in [-0.25, -0.2) is 13.1 Å². The van der Waals surface area contributed by atoms with Gasteiger partial charge in [0, 0.05) is 6.54 Å². The number of amides is 1. The molecule has 0 aliphatic carbocycles. The molecular weight excluding hydrogens is 287 g/mol. The molecule has 0 heterocycles. The molecule has 1 unspecified atom stereocenters. The lowest BCUT2D eigenvalue weighted by molar-refractivity contribution is -0.139. The summed E-state index contributed by atoms with van der Waals surface area (Å²) < 4.78 is 59.2. The van der Waals surface area contributed by atoms with Crippen molar-refractivity contribution in [1.29, 1.82) is 0 Å². The molecule has 1 atom stereocenters. The Kier molecular flexibility index (Phi) is 7.30. The zero-order valence-electron chi connectivity index (χ0n) is 10.7. The molecular formula is C9H18F3N3O3S. The second-order valence-corrected chi connectivity index (χ2v) is 5.86. The molecule has 0 aromatic heterocycles. The summed E-state index contributed by atoms with van der Waals surface area (Å²) >= 11 is 0. The minimum atomic E-state index is -4.44. The minimum Gasteiger partial charge on any atom is -0.346 e. The fraction of sp³-hybridized carbons (Fsp3) is 0.889. The highest BCUT2D eigenvalue weighted by Gasteiger charge is 2.28. The molecule has 0 aromatic carbocycles. The molecule has 0 rings (SSSR count). The smallest absolute Gasteiger partial charge is 0.346 e. The van der Waals surface area contributed by atoms with Crippen LogP contribution in [0.5, 0.6) is 0 Å². The van der Waals surface area contributed by atoms with Crippen molar-refractivity contribution >= 4 is 15.9 Å². The summed E-state index contributed by atoms with van der Waals surface area (Å²) in [5, 5.41) is 4.44. The Morgan fingerprint density at radius 1 is 1.26 bits per heavy atom. The number of alkyl halides is 3. The van der Waals surface area contributed by atoms with Crippen molar-refractivity contribution < 1.29 is 26.4 Å². The first kappa shape index (κ1) is 18.1. The summed E-state index contributed by atoms with van der Waals surface area (Å²) in [5.41, 5.74) is 0. The molecule has 0 aliphatic rings. The van der Waals surface area contributed by atoms with Gasteiger partial charge in [-0.15, -0.1) is 0 Å². The number of hydrogen-bond acceptors (Lipinski definition) is 4. The highest BCUT2D eigenvalue weighted by Crippen LogP contribution is 2.12. The summed E-state index contributed by atoms with van der Waals surface area (Å²) in [5.74, 6) is -0.756. The fourth-order valence-corrected chi connectivity index (χ4v) is 1.61. The van der Waals surface area contributed by atoms with Gasteiger partial charge in [0.15, 0.2) is 0 Å². The van der Waals surface area contributed by atoms with Crippen LogP contribution in [0.1, 0.15) is 13.3 Å². The quantitative estimate of drug-likeness (QED) is 0.532. The maximum absolute atomic E-state index is 11.8. The largest absolute Gasteiger partial charge is 0.405 e. The van der Waals surface area contributed by atoms with Crippen LogP contribution in [0.2, 0.25) is 0 Å². The number of rotatable bonds is 8. The fourth-order valence-electron chi connectivity index (χ4n) is 1.10. The SMILES string of the molecule is CC(NCCCNS(C)(=O)=O)C(=O)NCC(F)(F)F. The lowest BCUT2D eigenvalue weighted by Crippen LogP contribution is -2.45. The third kappa shape index (κ3) is 11.9. The predicted molar refractivity (Wildman–Crippen MR) is 64.0 cm³/mol. The maximum atomic E-state index is 11.8. The van der Waals surface area contributed by atoms with E-state index in [4.69, 9.17) is 0 Å². The van der Waals surface area contributed by atoms with Crippen LogP contribution in [-0.4, -0.2) is 52.4 Å². The summed E-state index contributed by atoms with van der Waals surface area (Å²) in [6.07, 6.45) is -2.99. The molecule has 0 radical (unpaired) electrons. The molecule has 0 bridgehead atoms. The summed E-state index contributed by atoms with van der Waals surface area (Å²) in [7, 11) is -3.25.